The normalized spacial score (nSPS) is 12.6. The van der Waals surface area contributed by atoms with E-state index in [1.807, 2.05) is 31.2 Å². The summed E-state index contributed by atoms with van der Waals surface area (Å²) in [6, 6.07) is 12.6. The third-order valence-electron chi connectivity index (χ3n) is 3.84. The molecule has 0 fully saturated rings. The summed E-state index contributed by atoms with van der Waals surface area (Å²) in [7, 11) is 0. The summed E-state index contributed by atoms with van der Waals surface area (Å²) in [6.07, 6.45) is 4.96. The highest BCUT2D eigenvalue weighted by molar-refractivity contribution is 6.30. The number of benzene rings is 1. The van der Waals surface area contributed by atoms with E-state index >= 15 is 0 Å². The molecule has 25 heavy (non-hydrogen) atoms. The van der Waals surface area contributed by atoms with E-state index in [0.29, 0.717) is 10.7 Å². The Labute approximate surface area is 150 Å². The second-order valence-electron chi connectivity index (χ2n) is 5.56. The van der Waals surface area contributed by atoms with Gasteiger partial charge in [0.05, 0.1) is 6.04 Å². The number of carbonyl (C=O) groups is 1. The van der Waals surface area contributed by atoms with Gasteiger partial charge in [0, 0.05) is 28.4 Å². The molecule has 1 atom stereocenters. The maximum Gasteiger partial charge on any atom is 0.262 e. The molecule has 1 aromatic carbocycles. The van der Waals surface area contributed by atoms with Crippen LogP contribution in [0.2, 0.25) is 5.02 Å². The second-order valence-corrected chi connectivity index (χ2v) is 6.00. The molecule has 0 spiro atoms. The molecular weight excluding hydrogens is 336 g/mol. The topological polar surface area (TPSA) is 81.6 Å². The van der Waals surface area contributed by atoms with Crippen molar-refractivity contribution < 1.29 is 4.79 Å². The lowest BCUT2D eigenvalue weighted by molar-refractivity contribution is -0.117. The maximum absolute atomic E-state index is 12.4. The fourth-order valence-corrected chi connectivity index (χ4v) is 2.73. The first-order chi connectivity index (χ1) is 12.1. The van der Waals surface area contributed by atoms with Crippen LogP contribution in [0.15, 0.2) is 54.4 Å². The monoisotopic (exact) mass is 350 g/mol. The number of amides is 1. The maximum atomic E-state index is 12.4. The molecule has 0 radical (unpaired) electrons. The van der Waals surface area contributed by atoms with Crippen molar-refractivity contribution in [3.63, 3.8) is 0 Å². The lowest BCUT2D eigenvalue weighted by atomic mass is 10.1. The number of aromatic nitrogens is 2. The molecule has 0 saturated heterocycles. The number of rotatable bonds is 4. The van der Waals surface area contributed by atoms with Crippen LogP contribution in [0.25, 0.3) is 17.1 Å². The highest BCUT2D eigenvalue weighted by Gasteiger charge is 2.15. The van der Waals surface area contributed by atoms with Crippen molar-refractivity contribution in [2.75, 3.05) is 0 Å². The number of hydrogen-bond acceptors (Lipinski definition) is 3. The summed E-state index contributed by atoms with van der Waals surface area (Å²) < 4.78 is 0. The van der Waals surface area contributed by atoms with Gasteiger partial charge in [-0.05, 0) is 42.8 Å². The Morgan fingerprint density at radius 1 is 1.40 bits per heavy atom. The quantitative estimate of drug-likeness (QED) is 0.551. The second kappa shape index (κ2) is 7.20. The molecule has 6 heteroatoms. The fourth-order valence-electron chi connectivity index (χ4n) is 2.53. The van der Waals surface area contributed by atoms with Crippen LogP contribution in [0.5, 0.6) is 0 Å². The molecular formula is C19H15ClN4O. The number of nitrogens with one attached hydrogen (secondary N) is 2. The number of pyridine rings is 1. The molecule has 124 valence electrons. The molecule has 0 saturated carbocycles. The Balaban J connectivity index is 1.83. The van der Waals surface area contributed by atoms with E-state index in [-0.39, 0.29) is 11.6 Å². The van der Waals surface area contributed by atoms with Crippen molar-refractivity contribution in [3.05, 3.63) is 70.5 Å². The Hall–Kier alpha value is -3.10. The van der Waals surface area contributed by atoms with Crippen LogP contribution < -0.4 is 5.32 Å². The van der Waals surface area contributed by atoms with Gasteiger partial charge in [-0.2, -0.15) is 5.26 Å². The van der Waals surface area contributed by atoms with E-state index in [4.69, 9.17) is 11.6 Å². The molecule has 0 unspecified atom stereocenters. The predicted molar refractivity (Wildman–Crippen MR) is 97.7 cm³/mol. The van der Waals surface area contributed by atoms with Crippen molar-refractivity contribution in [3.8, 4) is 6.07 Å². The number of nitrogens with zero attached hydrogens (tertiary/aromatic N) is 2. The van der Waals surface area contributed by atoms with E-state index < -0.39 is 5.91 Å². The Kier molecular flexibility index (Phi) is 4.82. The largest absolute Gasteiger partial charge is 0.346 e. The van der Waals surface area contributed by atoms with E-state index in [9.17, 15) is 10.1 Å². The first kappa shape index (κ1) is 16.7. The van der Waals surface area contributed by atoms with Crippen LogP contribution >= 0.6 is 11.6 Å². The minimum atomic E-state index is -0.437. The van der Waals surface area contributed by atoms with Gasteiger partial charge in [-0.25, -0.2) is 4.98 Å². The van der Waals surface area contributed by atoms with E-state index in [1.165, 1.54) is 0 Å². The van der Waals surface area contributed by atoms with Crippen LogP contribution in [0.3, 0.4) is 0 Å². The van der Waals surface area contributed by atoms with E-state index in [1.54, 1.807) is 36.7 Å². The van der Waals surface area contributed by atoms with Gasteiger partial charge >= 0.3 is 0 Å². The zero-order valence-corrected chi connectivity index (χ0v) is 14.2. The molecule has 0 bridgehead atoms. The molecule has 0 aliphatic carbocycles. The van der Waals surface area contributed by atoms with Crippen molar-refractivity contribution in [1.29, 1.82) is 5.26 Å². The van der Waals surface area contributed by atoms with Gasteiger partial charge in [0.2, 0.25) is 0 Å². The van der Waals surface area contributed by atoms with Crippen LogP contribution in [0.1, 0.15) is 24.1 Å². The average molecular weight is 351 g/mol. The van der Waals surface area contributed by atoms with Gasteiger partial charge in [0.1, 0.15) is 17.3 Å². The van der Waals surface area contributed by atoms with Crippen LogP contribution in [0, 0.1) is 11.3 Å². The number of fused-ring (bicyclic) bond motifs is 1. The average Bonchev–Trinajstić information content (AvgIpc) is 3.02. The molecule has 2 heterocycles. The van der Waals surface area contributed by atoms with E-state index in [0.717, 1.165) is 16.5 Å². The van der Waals surface area contributed by atoms with Crippen molar-refractivity contribution in [2.24, 2.45) is 0 Å². The molecule has 2 N–H and O–H groups in total. The summed E-state index contributed by atoms with van der Waals surface area (Å²) in [4.78, 5) is 19.7. The Morgan fingerprint density at radius 2 is 2.24 bits per heavy atom. The molecule has 2 aromatic heterocycles. The zero-order valence-electron chi connectivity index (χ0n) is 13.5. The molecule has 0 aliphatic rings. The lowest BCUT2D eigenvalue weighted by Gasteiger charge is -2.14. The highest BCUT2D eigenvalue weighted by atomic mass is 35.5. The van der Waals surface area contributed by atoms with Gasteiger partial charge in [-0.1, -0.05) is 23.7 Å². The standard InChI is InChI=1S/C19H15ClN4O/c1-12(13-4-2-5-16(20)9-13)24-19(25)14(10-21)8-15-11-23-18-17(15)6-3-7-22-18/h2-9,11-12H,1H3,(H,22,23)(H,24,25)/b14-8+/t12-/m1/s1. The molecule has 1 amide bonds. The SMILES string of the molecule is C[C@@H](NC(=O)/C(C#N)=C/c1c[nH]c2ncccc12)c1cccc(Cl)c1. The van der Waals surface area contributed by atoms with E-state index in [2.05, 4.69) is 15.3 Å². The lowest BCUT2D eigenvalue weighted by Crippen LogP contribution is -2.27. The molecule has 5 nitrogen and oxygen atoms in total. The minimum absolute atomic E-state index is 0.0265. The summed E-state index contributed by atoms with van der Waals surface area (Å²) in [5, 5.41) is 13.6. The first-order valence-corrected chi connectivity index (χ1v) is 8.06. The number of halogens is 1. The Bertz CT molecular complexity index is 1000. The first-order valence-electron chi connectivity index (χ1n) is 7.68. The third-order valence-corrected chi connectivity index (χ3v) is 4.08. The Morgan fingerprint density at radius 3 is 3.00 bits per heavy atom. The summed E-state index contributed by atoms with van der Waals surface area (Å²) in [5.74, 6) is -0.437. The number of aromatic amines is 1. The van der Waals surface area contributed by atoms with Gasteiger partial charge < -0.3 is 10.3 Å². The number of hydrogen-bond donors (Lipinski definition) is 2. The number of H-pyrrole nitrogens is 1. The number of carbonyl (C=O) groups excluding carboxylic acids is 1. The number of nitriles is 1. The predicted octanol–water partition coefficient (Wildman–Crippen LogP) is 4.00. The summed E-state index contributed by atoms with van der Waals surface area (Å²) in [5.41, 5.74) is 2.34. The third kappa shape index (κ3) is 3.70. The summed E-state index contributed by atoms with van der Waals surface area (Å²) in [6.45, 7) is 1.84. The smallest absolute Gasteiger partial charge is 0.262 e. The van der Waals surface area contributed by atoms with Gasteiger partial charge in [0.15, 0.2) is 0 Å². The van der Waals surface area contributed by atoms with Crippen molar-refractivity contribution >= 4 is 34.6 Å². The minimum Gasteiger partial charge on any atom is -0.346 e. The van der Waals surface area contributed by atoms with Gasteiger partial charge in [-0.3, -0.25) is 4.79 Å². The van der Waals surface area contributed by atoms with Gasteiger partial charge in [-0.15, -0.1) is 0 Å². The molecule has 3 aromatic rings. The fraction of sp³-hybridized carbons (Fsp3) is 0.105. The van der Waals surface area contributed by atoms with Crippen LogP contribution in [-0.2, 0) is 4.79 Å². The molecule has 3 rings (SSSR count). The van der Waals surface area contributed by atoms with Crippen molar-refractivity contribution in [1.82, 2.24) is 15.3 Å². The van der Waals surface area contributed by atoms with Crippen molar-refractivity contribution in [2.45, 2.75) is 13.0 Å². The van der Waals surface area contributed by atoms with Crippen LogP contribution in [-0.4, -0.2) is 15.9 Å². The summed E-state index contributed by atoms with van der Waals surface area (Å²) >= 11 is 5.98. The molecule has 0 aliphatic heterocycles. The highest BCUT2D eigenvalue weighted by Crippen LogP contribution is 2.20. The van der Waals surface area contributed by atoms with Crippen LogP contribution in [0.4, 0.5) is 0 Å². The zero-order chi connectivity index (χ0) is 17.8. The van der Waals surface area contributed by atoms with Gasteiger partial charge in [0.25, 0.3) is 5.91 Å².